The summed E-state index contributed by atoms with van der Waals surface area (Å²) in [5.41, 5.74) is -1.19. The lowest BCUT2D eigenvalue weighted by Crippen LogP contribution is -2.50. The molecule has 0 unspecified atom stereocenters. The third kappa shape index (κ3) is 3.66. The van der Waals surface area contributed by atoms with E-state index in [1.807, 2.05) is 0 Å². The summed E-state index contributed by atoms with van der Waals surface area (Å²) in [5.74, 6) is -0.909. The molecule has 2 heterocycles. The van der Waals surface area contributed by atoms with Crippen molar-refractivity contribution in [1.82, 2.24) is 14.7 Å². The number of likely N-dealkylation sites (tertiary alicyclic amines) is 1. The monoisotopic (exact) mass is 324 g/mol. The van der Waals surface area contributed by atoms with Gasteiger partial charge in [-0.25, -0.2) is 0 Å². The molecule has 1 aromatic heterocycles. The predicted octanol–water partition coefficient (Wildman–Crippen LogP) is 1.24. The van der Waals surface area contributed by atoms with Gasteiger partial charge < -0.3 is 10.0 Å². The van der Waals surface area contributed by atoms with Crippen molar-refractivity contribution in [1.29, 1.82) is 0 Å². The number of nitro groups is 1. The van der Waals surface area contributed by atoms with Gasteiger partial charge >= 0.3 is 11.7 Å². The summed E-state index contributed by atoms with van der Waals surface area (Å²) in [6, 6.07) is 0. The van der Waals surface area contributed by atoms with Gasteiger partial charge in [-0.15, -0.1) is 0 Å². The van der Waals surface area contributed by atoms with Crippen LogP contribution < -0.4 is 0 Å². The van der Waals surface area contributed by atoms with Gasteiger partial charge in [-0.1, -0.05) is 0 Å². The fourth-order valence-electron chi connectivity index (χ4n) is 2.79. The molecule has 1 fully saturated rings. The average molecular weight is 324 g/mol. The van der Waals surface area contributed by atoms with Crippen molar-refractivity contribution in [3.63, 3.8) is 0 Å². The van der Waals surface area contributed by atoms with Crippen LogP contribution in [0, 0.1) is 16.0 Å². The van der Waals surface area contributed by atoms with Crippen LogP contribution >= 0.6 is 0 Å². The smallest absolute Gasteiger partial charge is 0.307 e. The van der Waals surface area contributed by atoms with E-state index in [-0.39, 0.29) is 23.9 Å². The molecule has 0 spiro atoms. The van der Waals surface area contributed by atoms with E-state index in [2.05, 4.69) is 5.10 Å². The highest BCUT2D eigenvalue weighted by atomic mass is 16.6. The Hall–Kier alpha value is -2.45. The summed E-state index contributed by atoms with van der Waals surface area (Å²) in [4.78, 5) is 35.3. The summed E-state index contributed by atoms with van der Waals surface area (Å²) in [7, 11) is 0. The number of rotatable bonds is 5. The molecule has 9 heteroatoms. The van der Waals surface area contributed by atoms with Gasteiger partial charge in [-0.3, -0.25) is 24.4 Å². The maximum Gasteiger partial charge on any atom is 0.307 e. The molecular weight excluding hydrogens is 304 g/mol. The van der Waals surface area contributed by atoms with Crippen molar-refractivity contribution < 1.29 is 19.6 Å². The van der Waals surface area contributed by atoms with Crippen LogP contribution in [0.3, 0.4) is 0 Å². The SMILES string of the molecule is CC(C)(C(=O)N1CCC(CC(=O)O)CC1)n1cc([N+](=O)[O-])cn1. The Morgan fingerprint density at radius 1 is 1.43 bits per heavy atom. The Morgan fingerprint density at radius 3 is 2.52 bits per heavy atom. The fraction of sp³-hybridized carbons (Fsp3) is 0.643. The van der Waals surface area contributed by atoms with Crippen LogP contribution in [0.25, 0.3) is 0 Å². The summed E-state index contributed by atoms with van der Waals surface area (Å²) in [6.07, 6.45) is 3.78. The normalized spacial score (nSPS) is 16.3. The first kappa shape index (κ1) is 16.9. The quantitative estimate of drug-likeness (QED) is 0.643. The number of aromatic nitrogens is 2. The molecule has 2 rings (SSSR count). The molecule has 0 aromatic carbocycles. The van der Waals surface area contributed by atoms with E-state index in [9.17, 15) is 19.7 Å². The highest BCUT2D eigenvalue weighted by molar-refractivity contribution is 5.83. The maximum atomic E-state index is 12.7. The Kier molecular flexibility index (Phi) is 4.67. The Bertz CT molecular complexity index is 616. The molecule has 23 heavy (non-hydrogen) atoms. The van der Waals surface area contributed by atoms with E-state index in [0.717, 1.165) is 6.20 Å². The largest absolute Gasteiger partial charge is 0.481 e. The highest BCUT2D eigenvalue weighted by Gasteiger charge is 2.37. The molecule has 0 radical (unpaired) electrons. The van der Waals surface area contributed by atoms with Crippen LogP contribution in [0.15, 0.2) is 12.4 Å². The standard InChI is InChI=1S/C14H20N4O5/c1-14(2,17-9-11(8-15-17)18(22)23)13(21)16-5-3-10(4-6-16)7-12(19)20/h8-10H,3-7H2,1-2H3,(H,19,20). The van der Waals surface area contributed by atoms with Crippen molar-refractivity contribution in [2.45, 2.75) is 38.6 Å². The molecule has 1 aliphatic rings. The van der Waals surface area contributed by atoms with Crippen LogP contribution in [0.5, 0.6) is 0 Å². The number of carboxylic acid groups (broad SMARTS) is 1. The van der Waals surface area contributed by atoms with Crippen LogP contribution in [0.1, 0.15) is 33.1 Å². The van der Waals surface area contributed by atoms with Gasteiger partial charge in [0.15, 0.2) is 0 Å². The first-order chi connectivity index (χ1) is 10.7. The van der Waals surface area contributed by atoms with E-state index in [1.165, 1.54) is 10.9 Å². The zero-order valence-electron chi connectivity index (χ0n) is 13.1. The molecule has 1 aromatic rings. The summed E-state index contributed by atoms with van der Waals surface area (Å²) in [5, 5.41) is 23.5. The van der Waals surface area contributed by atoms with Gasteiger partial charge in [0.2, 0.25) is 5.91 Å². The third-order valence-corrected chi connectivity index (χ3v) is 4.24. The van der Waals surface area contributed by atoms with E-state index in [1.54, 1.807) is 18.7 Å². The number of carbonyl (C=O) groups excluding carboxylic acids is 1. The fourth-order valence-corrected chi connectivity index (χ4v) is 2.79. The van der Waals surface area contributed by atoms with Crippen LogP contribution in [-0.4, -0.2) is 49.7 Å². The molecule has 0 bridgehead atoms. The van der Waals surface area contributed by atoms with Gasteiger partial charge in [-0.05, 0) is 32.6 Å². The molecular formula is C14H20N4O5. The minimum absolute atomic E-state index is 0.0884. The second kappa shape index (κ2) is 6.35. The van der Waals surface area contributed by atoms with Crippen molar-refractivity contribution >= 4 is 17.6 Å². The first-order valence-corrected chi connectivity index (χ1v) is 7.42. The van der Waals surface area contributed by atoms with E-state index >= 15 is 0 Å². The number of nitrogens with zero attached hydrogens (tertiary/aromatic N) is 4. The van der Waals surface area contributed by atoms with Crippen molar-refractivity contribution in [3.05, 3.63) is 22.5 Å². The number of carbonyl (C=O) groups is 2. The molecule has 1 amide bonds. The average Bonchev–Trinajstić information content (AvgIpc) is 2.97. The van der Waals surface area contributed by atoms with Gasteiger partial charge in [0.25, 0.3) is 0 Å². The second-order valence-electron chi connectivity index (χ2n) is 6.29. The Balaban J connectivity index is 2.04. The molecule has 0 atom stereocenters. The molecule has 1 aliphatic heterocycles. The number of hydrogen-bond donors (Lipinski definition) is 1. The van der Waals surface area contributed by atoms with Crippen LogP contribution in [-0.2, 0) is 15.1 Å². The molecule has 0 saturated carbocycles. The first-order valence-electron chi connectivity index (χ1n) is 7.42. The number of hydrogen-bond acceptors (Lipinski definition) is 5. The topological polar surface area (TPSA) is 119 Å². The molecule has 1 N–H and O–H groups in total. The van der Waals surface area contributed by atoms with E-state index in [0.29, 0.717) is 25.9 Å². The highest BCUT2D eigenvalue weighted by Crippen LogP contribution is 2.26. The lowest BCUT2D eigenvalue weighted by molar-refractivity contribution is -0.385. The maximum absolute atomic E-state index is 12.7. The van der Waals surface area contributed by atoms with Gasteiger partial charge in [-0.2, -0.15) is 5.10 Å². The number of piperidine rings is 1. The summed E-state index contributed by atoms with van der Waals surface area (Å²) < 4.78 is 1.30. The van der Waals surface area contributed by atoms with Crippen LogP contribution in [0.4, 0.5) is 5.69 Å². The molecule has 0 aliphatic carbocycles. The third-order valence-electron chi connectivity index (χ3n) is 4.24. The molecule has 9 nitrogen and oxygen atoms in total. The van der Waals surface area contributed by atoms with Crippen molar-refractivity contribution in [2.75, 3.05) is 13.1 Å². The van der Waals surface area contributed by atoms with Gasteiger partial charge in [0.1, 0.15) is 17.9 Å². The van der Waals surface area contributed by atoms with E-state index in [4.69, 9.17) is 5.11 Å². The lowest BCUT2D eigenvalue weighted by atomic mass is 9.92. The predicted molar refractivity (Wildman–Crippen MR) is 79.8 cm³/mol. The Labute approximate surface area is 133 Å². The zero-order valence-corrected chi connectivity index (χ0v) is 13.1. The number of aliphatic carboxylic acids is 1. The van der Waals surface area contributed by atoms with Crippen molar-refractivity contribution in [3.8, 4) is 0 Å². The minimum atomic E-state index is -1.03. The molecule has 126 valence electrons. The Morgan fingerprint density at radius 2 is 2.04 bits per heavy atom. The van der Waals surface area contributed by atoms with Crippen molar-refractivity contribution in [2.24, 2.45) is 5.92 Å². The van der Waals surface area contributed by atoms with Gasteiger partial charge in [0.05, 0.1) is 4.92 Å². The number of carboxylic acids is 1. The summed E-state index contributed by atoms with van der Waals surface area (Å²) >= 11 is 0. The number of amides is 1. The van der Waals surface area contributed by atoms with E-state index < -0.39 is 16.4 Å². The minimum Gasteiger partial charge on any atom is -0.481 e. The summed E-state index contributed by atoms with van der Waals surface area (Å²) in [6.45, 7) is 4.30. The molecule has 1 saturated heterocycles. The lowest BCUT2D eigenvalue weighted by Gasteiger charge is -2.36. The van der Waals surface area contributed by atoms with Gasteiger partial charge in [0, 0.05) is 19.5 Å². The second-order valence-corrected chi connectivity index (χ2v) is 6.29. The van der Waals surface area contributed by atoms with Crippen LogP contribution in [0.2, 0.25) is 0 Å². The zero-order chi connectivity index (χ0) is 17.2.